The number of carbonyl (C=O) groups excluding carboxylic acids is 2. The minimum absolute atomic E-state index is 0.0542. The molecule has 14 heavy (non-hydrogen) atoms. The van der Waals surface area contributed by atoms with Gasteiger partial charge in [-0.1, -0.05) is 0 Å². The number of benzene rings is 1. The van der Waals surface area contributed by atoms with Crippen LogP contribution in [0.1, 0.15) is 22.8 Å². The SMILES string of the molecule is CC(=O)c1c(O)ccc2c1CC(=O)O2. The van der Waals surface area contributed by atoms with Crippen LogP contribution in [-0.2, 0) is 11.2 Å². The van der Waals surface area contributed by atoms with Crippen molar-refractivity contribution in [3.05, 3.63) is 23.3 Å². The van der Waals surface area contributed by atoms with E-state index in [4.69, 9.17) is 4.74 Å². The molecule has 0 aromatic heterocycles. The molecule has 1 aliphatic rings. The summed E-state index contributed by atoms with van der Waals surface area (Å²) >= 11 is 0. The van der Waals surface area contributed by atoms with Crippen LogP contribution < -0.4 is 4.74 Å². The molecule has 0 saturated heterocycles. The molecule has 0 fully saturated rings. The molecule has 0 atom stereocenters. The van der Waals surface area contributed by atoms with Crippen LogP contribution >= 0.6 is 0 Å². The van der Waals surface area contributed by atoms with Gasteiger partial charge in [0.05, 0.1) is 12.0 Å². The molecule has 1 aliphatic heterocycles. The molecule has 0 radical (unpaired) electrons. The fraction of sp³-hybridized carbons (Fsp3) is 0.200. The molecule has 72 valence electrons. The summed E-state index contributed by atoms with van der Waals surface area (Å²) in [6.45, 7) is 1.35. The number of hydrogen-bond acceptors (Lipinski definition) is 4. The lowest BCUT2D eigenvalue weighted by Crippen LogP contribution is -2.01. The first-order valence-corrected chi connectivity index (χ1v) is 4.16. The van der Waals surface area contributed by atoms with Gasteiger partial charge >= 0.3 is 5.97 Å². The fourth-order valence-corrected chi connectivity index (χ4v) is 1.58. The van der Waals surface area contributed by atoms with Gasteiger partial charge in [0.25, 0.3) is 0 Å². The van der Waals surface area contributed by atoms with Crippen molar-refractivity contribution in [3.63, 3.8) is 0 Å². The van der Waals surface area contributed by atoms with Gasteiger partial charge in [0.2, 0.25) is 0 Å². The number of aromatic hydroxyl groups is 1. The lowest BCUT2D eigenvalue weighted by molar-refractivity contribution is -0.131. The molecule has 2 rings (SSSR count). The Hall–Kier alpha value is -1.84. The second-order valence-corrected chi connectivity index (χ2v) is 3.14. The van der Waals surface area contributed by atoms with Crippen molar-refractivity contribution in [2.75, 3.05) is 0 Å². The molecule has 1 aromatic rings. The van der Waals surface area contributed by atoms with Crippen molar-refractivity contribution in [2.45, 2.75) is 13.3 Å². The van der Waals surface area contributed by atoms with Gasteiger partial charge in [0.1, 0.15) is 11.5 Å². The van der Waals surface area contributed by atoms with Crippen LogP contribution in [0.2, 0.25) is 0 Å². The topological polar surface area (TPSA) is 63.6 Å². The molecule has 0 amide bonds. The molecule has 0 aliphatic carbocycles. The molecule has 1 heterocycles. The van der Waals surface area contributed by atoms with Crippen molar-refractivity contribution >= 4 is 11.8 Å². The number of phenols is 1. The third kappa shape index (κ3) is 1.16. The van der Waals surface area contributed by atoms with Crippen LogP contribution in [0, 0.1) is 0 Å². The number of carbonyl (C=O) groups is 2. The minimum atomic E-state index is -0.395. The highest BCUT2D eigenvalue weighted by Crippen LogP contribution is 2.34. The average molecular weight is 192 g/mol. The Morgan fingerprint density at radius 3 is 2.86 bits per heavy atom. The predicted octanol–water partition coefficient (Wildman–Crippen LogP) is 1.06. The minimum Gasteiger partial charge on any atom is -0.507 e. The third-order valence-electron chi connectivity index (χ3n) is 2.14. The Morgan fingerprint density at radius 2 is 2.21 bits per heavy atom. The zero-order chi connectivity index (χ0) is 10.3. The smallest absolute Gasteiger partial charge is 0.315 e. The van der Waals surface area contributed by atoms with Crippen molar-refractivity contribution in [3.8, 4) is 11.5 Å². The van der Waals surface area contributed by atoms with Gasteiger partial charge in [-0.25, -0.2) is 0 Å². The highest BCUT2D eigenvalue weighted by Gasteiger charge is 2.26. The van der Waals surface area contributed by atoms with Gasteiger partial charge in [-0.05, 0) is 19.1 Å². The molecule has 1 N–H and O–H groups in total. The van der Waals surface area contributed by atoms with Crippen molar-refractivity contribution < 1.29 is 19.4 Å². The average Bonchev–Trinajstić information content (AvgIpc) is 2.43. The van der Waals surface area contributed by atoms with Gasteiger partial charge in [-0.3, -0.25) is 9.59 Å². The van der Waals surface area contributed by atoms with E-state index < -0.39 is 5.97 Å². The van der Waals surface area contributed by atoms with Gasteiger partial charge in [-0.2, -0.15) is 0 Å². The number of ether oxygens (including phenoxy) is 1. The summed E-state index contributed by atoms with van der Waals surface area (Å²) in [7, 11) is 0. The van der Waals surface area contributed by atoms with E-state index in [1.165, 1.54) is 19.1 Å². The molecule has 4 nitrogen and oxygen atoms in total. The van der Waals surface area contributed by atoms with E-state index in [9.17, 15) is 14.7 Å². The van der Waals surface area contributed by atoms with E-state index in [2.05, 4.69) is 0 Å². The molecule has 4 heteroatoms. The monoisotopic (exact) mass is 192 g/mol. The van der Waals surface area contributed by atoms with Crippen LogP contribution in [0.15, 0.2) is 12.1 Å². The summed E-state index contributed by atoms with van der Waals surface area (Å²) in [5.41, 5.74) is 0.677. The number of phenolic OH excluding ortho intramolecular Hbond substituents is 1. The number of esters is 1. The highest BCUT2D eigenvalue weighted by atomic mass is 16.5. The second-order valence-electron chi connectivity index (χ2n) is 3.14. The number of hydrogen-bond donors (Lipinski definition) is 1. The Labute approximate surface area is 80.1 Å². The molecule has 0 bridgehead atoms. The van der Waals surface area contributed by atoms with Crippen LogP contribution in [0.25, 0.3) is 0 Å². The quantitative estimate of drug-likeness (QED) is 0.410. The lowest BCUT2D eigenvalue weighted by atomic mass is 10.0. The molecule has 0 spiro atoms. The molecule has 0 saturated carbocycles. The number of ketones is 1. The van der Waals surface area contributed by atoms with Gasteiger partial charge in [-0.15, -0.1) is 0 Å². The predicted molar refractivity (Wildman–Crippen MR) is 47.5 cm³/mol. The molecule has 1 aromatic carbocycles. The maximum Gasteiger partial charge on any atom is 0.315 e. The van der Waals surface area contributed by atoms with Crippen LogP contribution in [0.3, 0.4) is 0 Å². The third-order valence-corrected chi connectivity index (χ3v) is 2.14. The Morgan fingerprint density at radius 1 is 1.50 bits per heavy atom. The standard InChI is InChI=1S/C10H8O4/c1-5(11)10-6-4-9(13)14-8(6)3-2-7(10)12/h2-3,12H,4H2,1H3. The first-order chi connectivity index (χ1) is 6.59. The lowest BCUT2D eigenvalue weighted by Gasteiger charge is -2.04. The van der Waals surface area contributed by atoms with E-state index in [1.807, 2.05) is 0 Å². The maximum atomic E-state index is 11.2. The van der Waals surface area contributed by atoms with Gasteiger partial charge in [0, 0.05) is 5.56 Å². The Bertz CT molecular complexity index is 434. The highest BCUT2D eigenvalue weighted by molar-refractivity contribution is 6.01. The van der Waals surface area contributed by atoms with E-state index in [0.717, 1.165) is 0 Å². The zero-order valence-corrected chi connectivity index (χ0v) is 7.53. The largest absolute Gasteiger partial charge is 0.507 e. The summed E-state index contributed by atoms with van der Waals surface area (Å²) in [6, 6.07) is 2.84. The number of Topliss-reactive ketones (excluding diaryl/α,β-unsaturated/α-hetero) is 1. The number of fused-ring (bicyclic) bond motifs is 1. The van der Waals surface area contributed by atoms with E-state index in [-0.39, 0.29) is 23.5 Å². The molecular weight excluding hydrogens is 184 g/mol. The van der Waals surface area contributed by atoms with Gasteiger partial charge < -0.3 is 9.84 Å². The fourth-order valence-electron chi connectivity index (χ4n) is 1.58. The molecule has 0 unspecified atom stereocenters. The second kappa shape index (κ2) is 2.83. The van der Waals surface area contributed by atoms with Crippen LogP contribution in [-0.4, -0.2) is 16.9 Å². The van der Waals surface area contributed by atoms with E-state index in [0.29, 0.717) is 11.3 Å². The summed E-state index contributed by atoms with van der Waals surface area (Å²) in [5, 5.41) is 9.44. The van der Waals surface area contributed by atoms with Gasteiger partial charge in [0.15, 0.2) is 5.78 Å². The summed E-state index contributed by atoms with van der Waals surface area (Å²) < 4.78 is 4.85. The normalized spacial score (nSPS) is 13.6. The molecular formula is C10H8O4. The first kappa shape index (κ1) is 8.74. The van der Waals surface area contributed by atoms with Crippen molar-refractivity contribution in [1.82, 2.24) is 0 Å². The van der Waals surface area contributed by atoms with Crippen LogP contribution in [0.4, 0.5) is 0 Å². The van der Waals surface area contributed by atoms with Crippen molar-refractivity contribution in [2.24, 2.45) is 0 Å². The zero-order valence-electron chi connectivity index (χ0n) is 7.53. The van der Waals surface area contributed by atoms with E-state index >= 15 is 0 Å². The summed E-state index contributed by atoms with van der Waals surface area (Å²) in [6.07, 6.45) is 0.0542. The summed E-state index contributed by atoms with van der Waals surface area (Å²) in [5.74, 6) is -0.390. The maximum absolute atomic E-state index is 11.2. The van der Waals surface area contributed by atoms with E-state index in [1.54, 1.807) is 0 Å². The summed E-state index contributed by atoms with van der Waals surface area (Å²) in [4.78, 5) is 22.2. The Balaban J connectivity index is 2.65. The Kier molecular flexibility index (Phi) is 1.77. The number of rotatable bonds is 1. The van der Waals surface area contributed by atoms with Crippen molar-refractivity contribution in [1.29, 1.82) is 0 Å². The van der Waals surface area contributed by atoms with Crippen LogP contribution in [0.5, 0.6) is 11.5 Å². The first-order valence-electron chi connectivity index (χ1n) is 4.16.